The summed E-state index contributed by atoms with van der Waals surface area (Å²) in [6, 6.07) is 0. The van der Waals surface area contributed by atoms with Crippen LogP contribution in [0.2, 0.25) is 0 Å². The average Bonchev–Trinajstić information content (AvgIpc) is 3.00. The predicted octanol–water partition coefficient (Wildman–Crippen LogP) is 1.84. The van der Waals surface area contributed by atoms with Crippen LogP contribution in [0.25, 0.3) is 0 Å². The van der Waals surface area contributed by atoms with Crippen LogP contribution in [0.15, 0.2) is 6.20 Å². The second-order valence-electron chi connectivity index (χ2n) is 4.88. The van der Waals surface area contributed by atoms with Gasteiger partial charge in [-0.3, -0.25) is 9.89 Å². The number of hydrogen-bond donors (Lipinski definition) is 2. The van der Waals surface area contributed by atoms with Crippen LogP contribution in [0.1, 0.15) is 49.0 Å². The molecular weight excluding hydrogens is 220 g/mol. The third-order valence-electron chi connectivity index (χ3n) is 3.71. The summed E-state index contributed by atoms with van der Waals surface area (Å²) < 4.78 is 5.72. The predicted molar refractivity (Wildman–Crippen MR) is 59.6 cm³/mol. The van der Waals surface area contributed by atoms with Crippen molar-refractivity contribution in [3.05, 3.63) is 17.5 Å². The van der Waals surface area contributed by atoms with Gasteiger partial charge in [0.1, 0.15) is 0 Å². The molecule has 1 saturated heterocycles. The number of carbonyl (C=O) groups is 1. The van der Waals surface area contributed by atoms with E-state index in [4.69, 9.17) is 9.84 Å². The second kappa shape index (κ2) is 4.14. The topological polar surface area (TPSA) is 75.2 Å². The third-order valence-corrected chi connectivity index (χ3v) is 3.71. The molecule has 0 spiro atoms. The lowest BCUT2D eigenvalue weighted by molar-refractivity contribution is -0.138. The minimum atomic E-state index is -0.702. The zero-order chi connectivity index (χ0) is 11.8. The smallest absolute Gasteiger partial charge is 0.307 e. The van der Waals surface area contributed by atoms with E-state index >= 15 is 0 Å². The van der Waals surface area contributed by atoms with Crippen molar-refractivity contribution in [1.29, 1.82) is 0 Å². The molecule has 92 valence electrons. The zero-order valence-electron chi connectivity index (χ0n) is 9.56. The van der Waals surface area contributed by atoms with Crippen LogP contribution in [-0.4, -0.2) is 27.9 Å². The number of hydrogen-bond acceptors (Lipinski definition) is 3. The van der Waals surface area contributed by atoms with Gasteiger partial charge < -0.3 is 9.84 Å². The highest BCUT2D eigenvalue weighted by molar-refractivity contribution is 5.75. The lowest BCUT2D eigenvalue weighted by atomic mass is 10.0. The van der Waals surface area contributed by atoms with Crippen molar-refractivity contribution in [2.75, 3.05) is 6.61 Å². The Morgan fingerprint density at radius 1 is 1.53 bits per heavy atom. The van der Waals surface area contributed by atoms with Crippen molar-refractivity contribution in [3.8, 4) is 0 Å². The van der Waals surface area contributed by atoms with Crippen LogP contribution >= 0.6 is 0 Å². The molecule has 1 aromatic heterocycles. The Morgan fingerprint density at radius 3 is 3.06 bits per heavy atom. The van der Waals surface area contributed by atoms with Crippen LogP contribution < -0.4 is 0 Å². The molecule has 2 aliphatic rings. The molecule has 2 heterocycles. The first-order chi connectivity index (χ1) is 8.27. The van der Waals surface area contributed by atoms with E-state index in [1.54, 1.807) is 6.20 Å². The van der Waals surface area contributed by atoms with Gasteiger partial charge in [-0.05, 0) is 31.2 Å². The van der Waals surface area contributed by atoms with E-state index in [0.717, 1.165) is 43.5 Å². The molecule has 17 heavy (non-hydrogen) atoms. The van der Waals surface area contributed by atoms with Crippen molar-refractivity contribution in [2.45, 2.75) is 37.7 Å². The van der Waals surface area contributed by atoms with Gasteiger partial charge in [-0.15, -0.1) is 0 Å². The SMILES string of the molecule is O=C(O)C1CC1c1cn[nH]c1C1CCCCO1. The van der Waals surface area contributed by atoms with Gasteiger partial charge in [-0.25, -0.2) is 0 Å². The van der Waals surface area contributed by atoms with E-state index in [0.29, 0.717) is 0 Å². The van der Waals surface area contributed by atoms with E-state index in [1.807, 2.05) is 0 Å². The number of carboxylic acids is 1. The average molecular weight is 236 g/mol. The normalized spacial score (nSPS) is 32.4. The van der Waals surface area contributed by atoms with Gasteiger partial charge in [-0.1, -0.05) is 0 Å². The second-order valence-corrected chi connectivity index (χ2v) is 4.88. The standard InChI is InChI=1S/C12H16N2O3/c15-12(16)8-5-7(8)9-6-13-14-11(9)10-3-1-2-4-17-10/h6-8,10H,1-5H2,(H,13,14)(H,15,16). The van der Waals surface area contributed by atoms with Gasteiger partial charge in [0.05, 0.1) is 23.9 Å². The molecular formula is C12H16N2O3. The molecule has 0 aromatic carbocycles. The monoisotopic (exact) mass is 236 g/mol. The summed E-state index contributed by atoms with van der Waals surface area (Å²) in [5.41, 5.74) is 2.04. The van der Waals surface area contributed by atoms with E-state index < -0.39 is 5.97 Å². The Bertz CT molecular complexity index is 423. The van der Waals surface area contributed by atoms with Crippen molar-refractivity contribution in [1.82, 2.24) is 10.2 Å². The Labute approximate surface area is 99.2 Å². The first-order valence-electron chi connectivity index (χ1n) is 6.15. The molecule has 3 rings (SSSR count). The molecule has 0 bridgehead atoms. The van der Waals surface area contributed by atoms with Crippen molar-refractivity contribution in [3.63, 3.8) is 0 Å². The van der Waals surface area contributed by atoms with Crippen LogP contribution in [0.4, 0.5) is 0 Å². The van der Waals surface area contributed by atoms with Gasteiger partial charge in [0, 0.05) is 12.5 Å². The van der Waals surface area contributed by atoms with E-state index in [-0.39, 0.29) is 17.9 Å². The Kier molecular flexibility index (Phi) is 2.63. The summed E-state index contributed by atoms with van der Waals surface area (Å²) in [5.74, 6) is -0.798. The van der Waals surface area contributed by atoms with E-state index in [9.17, 15) is 4.79 Å². The van der Waals surface area contributed by atoms with E-state index in [2.05, 4.69) is 10.2 Å². The molecule has 1 saturated carbocycles. The summed E-state index contributed by atoms with van der Waals surface area (Å²) in [6.45, 7) is 0.788. The molecule has 2 N–H and O–H groups in total. The minimum absolute atomic E-state index is 0.0799. The van der Waals surface area contributed by atoms with Crippen LogP contribution in [0.5, 0.6) is 0 Å². The maximum atomic E-state index is 10.9. The highest BCUT2D eigenvalue weighted by Crippen LogP contribution is 2.49. The fraction of sp³-hybridized carbons (Fsp3) is 0.667. The highest BCUT2D eigenvalue weighted by atomic mass is 16.5. The summed E-state index contributed by atoms with van der Waals surface area (Å²) in [6.07, 6.45) is 5.85. The molecule has 0 amide bonds. The molecule has 3 atom stereocenters. The maximum Gasteiger partial charge on any atom is 0.307 e. The first kappa shape index (κ1) is 10.8. The molecule has 2 fully saturated rings. The van der Waals surface area contributed by atoms with Gasteiger partial charge in [-0.2, -0.15) is 5.10 Å². The molecule has 1 aliphatic carbocycles. The van der Waals surface area contributed by atoms with Crippen LogP contribution in [0, 0.1) is 5.92 Å². The van der Waals surface area contributed by atoms with Crippen LogP contribution in [-0.2, 0) is 9.53 Å². The Balaban J connectivity index is 1.78. The van der Waals surface area contributed by atoms with Gasteiger partial charge >= 0.3 is 5.97 Å². The summed E-state index contributed by atoms with van der Waals surface area (Å²) in [7, 11) is 0. The van der Waals surface area contributed by atoms with E-state index in [1.165, 1.54) is 0 Å². The molecule has 0 radical (unpaired) electrons. The Hall–Kier alpha value is -1.36. The van der Waals surface area contributed by atoms with Crippen LogP contribution in [0.3, 0.4) is 0 Å². The molecule has 1 aliphatic heterocycles. The summed E-state index contributed by atoms with van der Waals surface area (Å²) in [5, 5.41) is 16.0. The number of aromatic nitrogens is 2. The highest BCUT2D eigenvalue weighted by Gasteiger charge is 2.46. The molecule has 5 nitrogen and oxygen atoms in total. The number of nitrogens with one attached hydrogen (secondary N) is 1. The summed E-state index contributed by atoms with van der Waals surface area (Å²) in [4.78, 5) is 10.9. The van der Waals surface area contributed by atoms with Crippen molar-refractivity contribution >= 4 is 5.97 Å². The lowest BCUT2D eigenvalue weighted by Gasteiger charge is -2.22. The number of rotatable bonds is 3. The molecule has 3 unspecified atom stereocenters. The lowest BCUT2D eigenvalue weighted by Crippen LogP contribution is -2.13. The first-order valence-corrected chi connectivity index (χ1v) is 6.15. The number of aliphatic carboxylic acids is 1. The summed E-state index contributed by atoms with van der Waals surface area (Å²) >= 11 is 0. The number of carboxylic acid groups (broad SMARTS) is 1. The maximum absolute atomic E-state index is 10.9. The number of nitrogens with zero attached hydrogens (tertiary/aromatic N) is 1. The number of H-pyrrole nitrogens is 1. The Morgan fingerprint density at radius 2 is 2.41 bits per heavy atom. The number of aromatic amines is 1. The van der Waals surface area contributed by atoms with Gasteiger partial charge in [0.2, 0.25) is 0 Å². The van der Waals surface area contributed by atoms with Crippen molar-refractivity contribution in [2.24, 2.45) is 5.92 Å². The molecule has 1 aromatic rings. The van der Waals surface area contributed by atoms with Crippen molar-refractivity contribution < 1.29 is 14.6 Å². The fourth-order valence-corrected chi connectivity index (χ4v) is 2.64. The zero-order valence-corrected chi connectivity index (χ0v) is 9.56. The van der Waals surface area contributed by atoms with Gasteiger partial charge in [0.15, 0.2) is 0 Å². The fourth-order valence-electron chi connectivity index (χ4n) is 2.64. The minimum Gasteiger partial charge on any atom is -0.481 e. The molecule has 5 heteroatoms. The number of ether oxygens (including phenoxy) is 1. The quantitative estimate of drug-likeness (QED) is 0.839. The third kappa shape index (κ3) is 1.95. The largest absolute Gasteiger partial charge is 0.481 e. The van der Waals surface area contributed by atoms with Gasteiger partial charge in [0.25, 0.3) is 0 Å².